The molecule has 2 rings (SSSR count). The van der Waals surface area contributed by atoms with E-state index < -0.39 is 85.8 Å². The third-order valence-corrected chi connectivity index (χ3v) is 7.58. The Balaban J connectivity index is 2.29. The van der Waals surface area contributed by atoms with Crippen molar-refractivity contribution in [3.05, 3.63) is 33.1 Å². The molecule has 3 unspecified atom stereocenters. The van der Waals surface area contributed by atoms with Crippen molar-refractivity contribution in [2.45, 2.75) is 90.2 Å². The van der Waals surface area contributed by atoms with E-state index in [4.69, 9.17) is 18.7 Å². The first-order valence-electron chi connectivity index (χ1n) is 12.0. The molecule has 0 spiro atoms. The molecule has 5 N–H and O–H groups in total. The summed E-state index contributed by atoms with van der Waals surface area (Å²) in [7, 11) is -4.33. The zero-order valence-corrected chi connectivity index (χ0v) is 23.3. The van der Waals surface area contributed by atoms with Crippen LogP contribution in [0.5, 0.6) is 0 Å². The van der Waals surface area contributed by atoms with Gasteiger partial charge in [-0.3, -0.25) is 28.5 Å². The molecule has 2 heterocycles. The number of aliphatic hydroxyl groups is 2. The number of aromatic nitrogens is 2. The van der Waals surface area contributed by atoms with Gasteiger partial charge in [0.05, 0.1) is 25.4 Å². The number of hydrogen-bond acceptors (Lipinski definition) is 11. The molecule has 1 aliphatic rings. The van der Waals surface area contributed by atoms with E-state index in [-0.39, 0.29) is 0 Å². The molecule has 1 saturated heterocycles. The van der Waals surface area contributed by atoms with Crippen LogP contribution in [0.4, 0.5) is 0 Å². The van der Waals surface area contributed by atoms with Gasteiger partial charge in [0.15, 0.2) is 6.23 Å². The maximum absolute atomic E-state index is 13.8. The Morgan fingerprint density at radius 3 is 2.05 bits per heavy atom. The molecule has 0 aromatic carbocycles. The maximum Gasteiger partial charge on any atom is 0.342 e. The standard InChI is InChI=1S/C22H37N4O11P/c1-12(2)36-17(28)14(5)24-38(33,25-15(6)18(29)37-13(3)4)35-11-22(32)10-34-19(21(22,7)31)26-9-8-16(27)23-20(26)30/h8-9,12-15,19,31-32H,10-11H2,1-7H3,(H,23,27,30)(H2,24,25,33)/t14?,15?,19-,21+,22?,38?/m1/s1. The van der Waals surface area contributed by atoms with Crippen molar-refractivity contribution in [2.24, 2.45) is 0 Å². The lowest BCUT2D eigenvalue weighted by Crippen LogP contribution is -2.57. The Bertz CT molecular complexity index is 1130. The van der Waals surface area contributed by atoms with Gasteiger partial charge in [-0.2, -0.15) is 0 Å². The number of H-pyrrole nitrogens is 1. The minimum absolute atomic E-state index is 0.459. The molecular weight excluding hydrogens is 527 g/mol. The second-order valence-corrected chi connectivity index (χ2v) is 11.7. The summed E-state index contributed by atoms with van der Waals surface area (Å²) >= 11 is 0. The van der Waals surface area contributed by atoms with Gasteiger partial charge in [0.1, 0.15) is 23.3 Å². The fraction of sp³-hybridized carbons (Fsp3) is 0.727. The van der Waals surface area contributed by atoms with E-state index in [1.807, 2.05) is 4.98 Å². The number of esters is 2. The summed E-state index contributed by atoms with van der Waals surface area (Å²) in [5.41, 5.74) is -5.98. The number of ether oxygens (including phenoxy) is 3. The van der Waals surface area contributed by atoms with Crippen molar-refractivity contribution in [2.75, 3.05) is 13.2 Å². The fourth-order valence-electron chi connectivity index (χ4n) is 3.50. The highest BCUT2D eigenvalue weighted by Crippen LogP contribution is 2.45. The van der Waals surface area contributed by atoms with E-state index >= 15 is 0 Å². The van der Waals surface area contributed by atoms with Crippen molar-refractivity contribution < 1.29 is 43.1 Å². The summed E-state index contributed by atoms with van der Waals surface area (Å²) in [5, 5.41) is 27.4. The maximum atomic E-state index is 13.8. The third kappa shape index (κ3) is 7.59. The summed E-state index contributed by atoms with van der Waals surface area (Å²) in [6.45, 7) is 9.02. The molecule has 16 heteroatoms. The van der Waals surface area contributed by atoms with Crippen LogP contribution >= 0.6 is 7.67 Å². The Morgan fingerprint density at radius 2 is 1.61 bits per heavy atom. The summed E-state index contributed by atoms with van der Waals surface area (Å²) in [4.78, 5) is 50.3. The van der Waals surface area contributed by atoms with Crippen LogP contribution in [0, 0.1) is 0 Å². The molecule has 0 bridgehead atoms. The van der Waals surface area contributed by atoms with E-state index in [1.165, 1.54) is 20.8 Å². The van der Waals surface area contributed by atoms with Gasteiger partial charge in [-0.1, -0.05) is 0 Å². The van der Waals surface area contributed by atoms with E-state index in [0.29, 0.717) is 0 Å². The molecular formula is C22H37N4O11P. The van der Waals surface area contributed by atoms with E-state index in [9.17, 15) is 34.0 Å². The molecule has 0 radical (unpaired) electrons. The zero-order chi connectivity index (χ0) is 29.1. The number of rotatable bonds is 12. The second kappa shape index (κ2) is 12.2. The molecule has 38 heavy (non-hydrogen) atoms. The predicted molar refractivity (Wildman–Crippen MR) is 133 cm³/mol. The Morgan fingerprint density at radius 1 is 1.11 bits per heavy atom. The molecule has 0 aliphatic carbocycles. The smallest absolute Gasteiger partial charge is 0.342 e. The number of aromatic amines is 1. The molecule has 1 aromatic heterocycles. The van der Waals surface area contributed by atoms with Crippen molar-refractivity contribution in [3.8, 4) is 0 Å². The SMILES string of the molecule is CC(C)OC(=O)C(C)NP(=O)(NC(C)C(=O)OC(C)C)OCC1(O)CO[C@@H](n2ccc(=O)[nH]c2=O)[C@]1(C)O. The molecule has 15 nitrogen and oxygen atoms in total. The Hall–Kier alpha value is -2.39. The number of nitrogens with zero attached hydrogens (tertiary/aromatic N) is 1. The summed E-state index contributed by atoms with van der Waals surface area (Å²) < 4.78 is 35.9. The molecule has 0 amide bonds. The van der Waals surface area contributed by atoms with E-state index in [0.717, 1.165) is 16.8 Å². The quantitative estimate of drug-likeness (QED) is 0.161. The highest BCUT2D eigenvalue weighted by molar-refractivity contribution is 7.54. The number of nitrogens with one attached hydrogen (secondary N) is 3. The Labute approximate surface area is 219 Å². The second-order valence-electron chi connectivity index (χ2n) is 9.86. The van der Waals surface area contributed by atoms with Crippen molar-refractivity contribution in [1.29, 1.82) is 0 Å². The molecule has 0 saturated carbocycles. The van der Waals surface area contributed by atoms with Gasteiger partial charge in [-0.15, -0.1) is 0 Å². The van der Waals surface area contributed by atoms with Gasteiger partial charge in [0.25, 0.3) is 5.56 Å². The van der Waals surface area contributed by atoms with Crippen molar-refractivity contribution >= 4 is 19.6 Å². The van der Waals surface area contributed by atoms with Gasteiger partial charge in [0.2, 0.25) is 0 Å². The van der Waals surface area contributed by atoms with Gasteiger partial charge in [0, 0.05) is 12.3 Å². The first-order chi connectivity index (χ1) is 17.4. The largest absolute Gasteiger partial charge is 0.462 e. The first kappa shape index (κ1) is 31.8. The van der Waals surface area contributed by atoms with Crippen LogP contribution in [-0.2, 0) is 32.9 Å². The molecule has 216 valence electrons. The van der Waals surface area contributed by atoms with E-state index in [1.54, 1.807) is 27.7 Å². The van der Waals surface area contributed by atoms with Crippen LogP contribution < -0.4 is 21.4 Å². The van der Waals surface area contributed by atoms with Gasteiger partial charge in [-0.05, 0) is 48.5 Å². The lowest BCUT2D eigenvalue weighted by atomic mass is 9.86. The number of hydrogen-bond donors (Lipinski definition) is 5. The molecule has 5 atom stereocenters. The van der Waals surface area contributed by atoms with Crippen LogP contribution in [0.3, 0.4) is 0 Å². The molecule has 1 fully saturated rings. The summed E-state index contributed by atoms with van der Waals surface area (Å²) in [5.74, 6) is -1.51. The van der Waals surface area contributed by atoms with Crippen LogP contribution in [-0.4, -0.2) is 80.4 Å². The fourth-order valence-corrected chi connectivity index (χ4v) is 5.35. The van der Waals surface area contributed by atoms with Crippen LogP contribution in [0.1, 0.15) is 54.7 Å². The van der Waals surface area contributed by atoms with Crippen LogP contribution in [0.15, 0.2) is 21.9 Å². The Kier molecular flexibility index (Phi) is 10.2. The van der Waals surface area contributed by atoms with Crippen LogP contribution in [0.2, 0.25) is 0 Å². The summed E-state index contributed by atoms with van der Waals surface area (Å²) in [6.07, 6.45) is -1.27. The lowest BCUT2D eigenvalue weighted by Gasteiger charge is -2.37. The molecule has 1 aliphatic heterocycles. The average Bonchev–Trinajstić information content (AvgIpc) is 3.00. The monoisotopic (exact) mass is 564 g/mol. The lowest BCUT2D eigenvalue weighted by molar-refractivity contribution is -0.153. The summed E-state index contributed by atoms with van der Waals surface area (Å²) in [6, 6.07) is -1.32. The van der Waals surface area contributed by atoms with Crippen molar-refractivity contribution in [3.63, 3.8) is 0 Å². The van der Waals surface area contributed by atoms with Gasteiger partial charge < -0.3 is 28.9 Å². The number of carbonyl (C=O) groups is 2. The molecule has 1 aromatic rings. The van der Waals surface area contributed by atoms with Gasteiger partial charge in [-0.25, -0.2) is 15.0 Å². The predicted octanol–water partition coefficient (Wildman–Crippen LogP) is -0.468. The first-order valence-corrected chi connectivity index (χ1v) is 13.6. The average molecular weight is 565 g/mol. The highest BCUT2D eigenvalue weighted by atomic mass is 31.2. The van der Waals surface area contributed by atoms with Crippen molar-refractivity contribution in [1.82, 2.24) is 19.7 Å². The number of carbonyl (C=O) groups excluding carboxylic acids is 2. The minimum Gasteiger partial charge on any atom is -0.462 e. The topological polar surface area (TPSA) is 208 Å². The van der Waals surface area contributed by atoms with Gasteiger partial charge >= 0.3 is 25.3 Å². The zero-order valence-electron chi connectivity index (χ0n) is 22.4. The minimum atomic E-state index is -4.33. The third-order valence-electron chi connectivity index (χ3n) is 5.63. The van der Waals surface area contributed by atoms with E-state index in [2.05, 4.69) is 10.2 Å². The highest BCUT2D eigenvalue weighted by Gasteiger charge is 2.59. The van der Waals surface area contributed by atoms with Crippen LogP contribution in [0.25, 0.3) is 0 Å². The normalized spacial score (nSPS) is 26.7.